The number of nitrogens with zero attached hydrogens (tertiary/aromatic N) is 2. The van der Waals surface area contributed by atoms with Gasteiger partial charge >= 0.3 is 0 Å². The lowest BCUT2D eigenvalue weighted by molar-refractivity contribution is 0.0957. The maximum Gasteiger partial charge on any atom is 0.271 e. The van der Waals surface area contributed by atoms with Crippen molar-refractivity contribution in [1.29, 1.82) is 0 Å². The van der Waals surface area contributed by atoms with Gasteiger partial charge in [0, 0.05) is 24.8 Å². The van der Waals surface area contributed by atoms with Crippen LogP contribution in [-0.2, 0) is 0 Å². The van der Waals surface area contributed by atoms with Crippen LogP contribution in [0.2, 0.25) is 0 Å². The van der Waals surface area contributed by atoms with Crippen molar-refractivity contribution in [3.05, 3.63) is 70.9 Å². The molecule has 4 nitrogen and oxygen atoms in total. The van der Waals surface area contributed by atoms with E-state index in [9.17, 15) is 9.59 Å². The van der Waals surface area contributed by atoms with Crippen LogP contribution in [0.5, 0.6) is 0 Å². The number of carbonyl (C=O) groups excluding carboxylic acids is 2. The highest BCUT2D eigenvalue weighted by Gasteiger charge is 2.15. The Bertz CT molecular complexity index is 648. The molecule has 0 fully saturated rings. The topological polar surface area (TPSA) is 44.0 Å². The lowest BCUT2D eigenvalue weighted by atomic mass is 10.4. The van der Waals surface area contributed by atoms with Crippen molar-refractivity contribution in [2.75, 3.05) is 0 Å². The molecule has 0 bridgehead atoms. The molecule has 0 aliphatic heterocycles. The average molecular weight is 270 g/mol. The molecule has 0 aliphatic carbocycles. The average Bonchev–Trinajstić information content (AvgIpc) is 3.16. The van der Waals surface area contributed by atoms with E-state index < -0.39 is 0 Å². The van der Waals surface area contributed by atoms with Crippen LogP contribution in [0.25, 0.3) is 0 Å². The first-order valence-electron chi connectivity index (χ1n) is 5.71. The molecule has 3 aromatic rings. The summed E-state index contributed by atoms with van der Waals surface area (Å²) in [7, 11) is 0. The summed E-state index contributed by atoms with van der Waals surface area (Å²) in [6, 6.07) is 10.5. The van der Waals surface area contributed by atoms with Crippen LogP contribution >= 0.6 is 11.3 Å². The van der Waals surface area contributed by atoms with Crippen molar-refractivity contribution in [2.24, 2.45) is 0 Å². The first-order valence-corrected chi connectivity index (χ1v) is 6.52. The minimum atomic E-state index is -0.124. The van der Waals surface area contributed by atoms with E-state index >= 15 is 0 Å². The Labute approximate surface area is 113 Å². The molecule has 0 saturated heterocycles. The van der Waals surface area contributed by atoms with E-state index in [1.165, 1.54) is 20.5 Å². The van der Waals surface area contributed by atoms with Crippen molar-refractivity contribution in [3.63, 3.8) is 0 Å². The third-order valence-corrected chi connectivity index (χ3v) is 3.77. The van der Waals surface area contributed by atoms with E-state index in [1.807, 2.05) is 0 Å². The summed E-state index contributed by atoms with van der Waals surface area (Å²) in [5.41, 5.74) is 0. The predicted octanol–water partition coefficient (Wildman–Crippen LogP) is 2.73. The highest BCUT2D eigenvalue weighted by Crippen LogP contribution is 2.19. The molecule has 0 spiro atoms. The number of aromatic nitrogens is 2. The second-order valence-electron chi connectivity index (χ2n) is 3.95. The van der Waals surface area contributed by atoms with Crippen molar-refractivity contribution in [3.8, 4) is 0 Å². The molecule has 0 radical (unpaired) electrons. The molecular formula is C14H10N2O2S. The first kappa shape index (κ1) is 11.7. The maximum atomic E-state index is 12.1. The first-order chi connectivity index (χ1) is 9.25. The molecule has 19 heavy (non-hydrogen) atoms. The van der Waals surface area contributed by atoms with Crippen LogP contribution in [0.1, 0.15) is 19.3 Å². The zero-order valence-corrected chi connectivity index (χ0v) is 10.7. The van der Waals surface area contributed by atoms with Gasteiger partial charge in [0.25, 0.3) is 11.8 Å². The summed E-state index contributed by atoms with van der Waals surface area (Å²) in [6.45, 7) is 0. The van der Waals surface area contributed by atoms with Crippen molar-refractivity contribution < 1.29 is 9.59 Å². The molecule has 0 aromatic carbocycles. The van der Waals surface area contributed by atoms with E-state index in [0.29, 0.717) is 9.75 Å². The van der Waals surface area contributed by atoms with Crippen LogP contribution in [0.15, 0.2) is 61.2 Å². The largest absolute Gasteiger partial charge is 0.290 e. The fourth-order valence-corrected chi connectivity index (χ4v) is 2.66. The molecule has 0 unspecified atom stereocenters. The zero-order chi connectivity index (χ0) is 13.2. The van der Waals surface area contributed by atoms with Gasteiger partial charge < -0.3 is 0 Å². The van der Waals surface area contributed by atoms with Gasteiger partial charge in [-0.25, -0.2) is 0 Å². The Morgan fingerprint density at radius 2 is 1.11 bits per heavy atom. The molecule has 0 saturated carbocycles. The van der Waals surface area contributed by atoms with Gasteiger partial charge in [0.2, 0.25) is 0 Å². The molecule has 0 amide bonds. The van der Waals surface area contributed by atoms with E-state index in [4.69, 9.17) is 0 Å². The molecular weight excluding hydrogens is 260 g/mol. The summed E-state index contributed by atoms with van der Waals surface area (Å²) >= 11 is 1.20. The third-order valence-electron chi connectivity index (χ3n) is 2.71. The standard InChI is InChI=1S/C14H10N2O2S/c17-13(15-7-1-2-8-15)11-5-6-12(19-11)14(18)16-9-3-4-10-16/h1-10H. The second-order valence-corrected chi connectivity index (χ2v) is 5.04. The normalized spacial score (nSPS) is 10.5. The fraction of sp³-hybridized carbons (Fsp3) is 0. The van der Waals surface area contributed by atoms with Gasteiger partial charge in [0.15, 0.2) is 0 Å². The Hall–Kier alpha value is -2.40. The summed E-state index contributed by atoms with van der Waals surface area (Å²) < 4.78 is 2.99. The molecule has 94 valence electrons. The lowest BCUT2D eigenvalue weighted by Gasteiger charge is -1.98. The summed E-state index contributed by atoms with van der Waals surface area (Å²) in [6.07, 6.45) is 6.76. The zero-order valence-electron chi connectivity index (χ0n) is 9.89. The van der Waals surface area contributed by atoms with Crippen LogP contribution in [0, 0.1) is 0 Å². The van der Waals surface area contributed by atoms with E-state index in [0.717, 1.165) is 0 Å². The molecule has 3 aromatic heterocycles. The minimum absolute atomic E-state index is 0.124. The summed E-state index contributed by atoms with van der Waals surface area (Å²) in [5.74, 6) is -0.247. The van der Waals surface area contributed by atoms with Crippen molar-refractivity contribution in [2.45, 2.75) is 0 Å². The molecule has 0 atom stereocenters. The molecule has 0 N–H and O–H groups in total. The van der Waals surface area contributed by atoms with Gasteiger partial charge in [-0.05, 0) is 36.4 Å². The number of hydrogen-bond donors (Lipinski definition) is 0. The third kappa shape index (κ3) is 2.15. The van der Waals surface area contributed by atoms with Crippen LogP contribution in [0.3, 0.4) is 0 Å². The van der Waals surface area contributed by atoms with Gasteiger partial charge in [-0.3, -0.25) is 18.7 Å². The Morgan fingerprint density at radius 3 is 1.47 bits per heavy atom. The number of hydrogen-bond acceptors (Lipinski definition) is 3. The van der Waals surface area contributed by atoms with Crippen LogP contribution < -0.4 is 0 Å². The number of carbonyl (C=O) groups is 2. The highest BCUT2D eigenvalue weighted by molar-refractivity contribution is 7.16. The van der Waals surface area contributed by atoms with Gasteiger partial charge in [-0.15, -0.1) is 11.3 Å². The Morgan fingerprint density at radius 1 is 0.737 bits per heavy atom. The SMILES string of the molecule is O=C(c1ccc(C(=O)n2cccc2)s1)n1cccc1. The predicted molar refractivity (Wildman–Crippen MR) is 72.6 cm³/mol. The summed E-state index contributed by atoms with van der Waals surface area (Å²) in [4.78, 5) is 25.3. The number of thiophene rings is 1. The summed E-state index contributed by atoms with van der Waals surface area (Å²) in [5, 5.41) is 0. The molecule has 5 heteroatoms. The van der Waals surface area contributed by atoms with Gasteiger partial charge in [0.05, 0.1) is 9.75 Å². The minimum Gasteiger partial charge on any atom is -0.290 e. The van der Waals surface area contributed by atoms with E-state index in [1.54, 1.807) is 61.2 Å². The molecule has 0 aliphatic rings. The van der Waals surface area contributed by atoms with Crippen LogP contribution in [-0.4, -0.2) is 20.9 Å². The maximum absolute atomic E-state index is 12.1. The van der Waals surface area contributed by atoms with Gasteiger partial charge in [-0.2, -0.15) is 0 Å². The number of rotatable bonds is 2. The smallest absolute Gasteiger partial charge is 0.271 e. The molecule has 3 heterocycles. The van der Waals surface area contributed by atoms with Gasteiger partial charge in [0.1, 0.15) is 0 Å². The molecule has 3 rings (SSSR count). The van der Waals surface area contributed by atoms with Gasteiger partial charge in [-0.1, -0.05) is 0 Å². The van der Waals surface area contributed by atoms with Crippen LogP contribution in [0.4, 0.5) is 0 Å². The second kappa shape index (κ2) is 4.70. The van der Waals surface area contributed by atoms with E-state index in [2.05, 4.69) is 0 Å². The monoisotopic (exact) mass is 270 g/mol. The Kier molecular flexibility index (Phi) is 2.89. The van der Waals surface area contributed by atoms with E-state index in [-0.39, 0.29) is 11.8 Å². The quantitative estimate of drug-likeness (QED) is 0.718. The fourth-order valence-electron chi connectivity index (χ4n) is 1.76. The van der Waals surface area contributed by atoms with Crippen molar-refractivity contribution in [1.82, 2.24) is 9.13 Å². The highest BCUT2D eigenvalue weighted by atomic mass is 32.1. The lowest BCUT2D eigenvalue weighted by Crippen LogP contribution is -2.08. The Balaban J connectivity index is 1.88. The van der Waals surface area contributed by atoms with Crippen molar-refractivity contribution >= 4 is 23.2 Å².